The molecule has 0 bridgehead atoms. The SMILES string of the molecule is C[C@H]1[C@H](O[Si](C)(C)C(C)(C)C)C[C@@H](COS(C)(=O)=O)N1COC(C)(C)C. The van der Waals surface area contributed by atoms with E-state index in [9.17, 15) is 8.42 Å². The van der Waals surface area contributed by atoms with Crippen molar-refractivity contribution in [3.05, 3.63) is 0 Å². The van der Waals surface area contributed by atoms with Crippen LogP contribution in [0, 0.1) is 0 Å². The summed E-state index contributed by atoms with van der Waals surface area (Å²) in [6.07, 6.45) is 1.88. The van der Waals surface area contributed by atoms with Crippen molar-refractivity contribution in [3.8, 4) is 0 Å². The first kappa shape index (κ1) is 24.0. The molecule has 0 radical (unpaired) electrons. The largest absolute Gasteiger partial charge is 0.412 e. The Morgan fingerprint density at radius 3 is 2.08 bits per heavy atom. The predicted molar refractivity (Wildman–Crippen MR) is 108 cm³/mol. The molecule has 156 valence electrons. The fourth-order valence-corrected chi connectivity index (χ4v) is 4.51. The van der Waals surface area contributed by atoms with Gasteiger partial charge < -0.3 is 9.16 Å². The van der Waals surface area contributed by atoms with Crippen LogP contribution in [0.1, 0.15) is 54.9 Å². The van der Waals surface area contributed by atoms with Crippen molar-refractivity contribution in [1.82, 2.24) is 4.90 Å². The minimum atomic E-state index is -3.47. The lowest BCUT2D eigenvalue weighted by Crippen LogP contribution is -2.47. The van der Waals surface area contributed by atoms with E-state index in [0.29, 0.717) is 6.73 Å². The number of likely N-dealkylation sites (tertiary alicyclic amines) is 1. The molecule has 0 aromatic rings. The lowest BCUT2D eigenvalue weighted by atomic mass is 10.2. The Morgan fingerprint density at radius 1 is 1.12 bits per heavy atom. The van der Waals surface area contributed by atoms with E-state index in [4.69, 9.17) is 13.3 Å². The highest BCUT2D eigenvalue weighted by Crippen LogP contribution is 2.40. The smallest absolute Gasteiger partial charge is 0.264 e. The summed E-state index contributed by atoms with van der Waals surface area (Å²) >= 11 is 0. The van der Waals surface area contributed by atoms with Crippen LogP contribution >= 0.6 is 0 Å². The molecular weight excluding hydrogens is 370 g/mol. The molecule has 0 aromatic carbocycles. The Bertz CT molecular complexity index is 565. The van der Waals surface area contributed by atoms with Gasteiger partial charge in [0.05, 0.1) is 24.6 Å². The van der Waals surface area contributed by atoms with Gasteiger partial charge in [-0.1, -0.05) is 20.8 Å². The Morgan fingerprint density at radius 2 is 1.65 bits per heavy atom. The molecule has 1 aliphatic heterocycles. The second-order valence-electron chi connectivity index (χ2n) is 9.94. The first-order chi connectivity index (χ1) is 11.4. The van der Waals surface area contributed by atoms with Gasteiger partial charge in [-0.3, -0.25) is 9.08 Å². The summed E-state index contributed by atoms with van der Waals surface area (Å²) in [6, 6.07) is 0.0940. The zero-order valence-corrected chi connectivity index (χ0v) is 20.1. The molecule has 0 spiro atoms. The average molecular weight is 410 g/mol. The van der Waals surface area contributed by atoms with E-state index in [1.807, 2.05) is 20.8 Å². The first-order valence-corrected chi connectivity index (χ1v) is 14.1. The van der Waals surface area contributed by atoms with Crippen molar-refractivity contribution >= 4 is 18.4 Å². The third-order valence-electron chi connectivity index (χ3n) is 5.41. The molecule has 6 nitrogen and oxygen atoms in total. The minimum Gasteiger partial charge on any atom is -0.412 e. The standard InChI is InChI=1S/C18H39NO5SSi/c1-14-16(24-26(9,10)18(5,6)7)11-15(12-23-25(8,20)21)19(14)13-22-17(2,3)4/h14-16H,11-13H2,1-10H3/t14-,15-,16+/m0/s1. The molecule has 1 fully saturated rings. The number of hydrogen-bond acceptors (Lipinski definition) is 6. The van der Waals surface area contributed by atoms with E-state index < -0.39 is 18.4 Å². The van der Waals surface area contributed by atoms with Gasteiger partial charge in [-0.2, -0.15) is 8.42 Å². The van der Waals surface area contributed by atoms with Crippen LogP contribution in [0.4, 0.5) is 0 Å². The molecule has 0 amide bonds. The van der Waals surface area contributed by atoms with Crippen LogP contribution in [0.25, 0.3) is 0 Å². The molecule has 1 aliphatic rings. The van der Waals surface area contributed by atoms with Crippen LogP contribution in [0.3, 0.4) is 0 Å². The molecule has 8 heteroatoms. The van der Waals surface area contributed by atoms with E-state index in [-0.39, 0.29) is 35.4 Å². The first-order valence-electron chi connectivity index (χ1n) is 9.35. The maximum Gasteiger partial charge on any atom is 0.264 e. The second-order valence-corrected chi connectivity index (χ2v) is 16.3. The quantitative estimate of drug-likeness (QED) is 0.473. The van der Waals surface area contributed by atoms with E-state index in [1.165, 1.54) is 0 Å². The highest BCUT2D eigenvalue weighted by Gasteiger charge is 2.46. The van der Waals surface area contributed by atoms with Crippen molar-refractivity contribution in [3.63, 3.8) is 0 Å². The van der Waals surface area contributed by atoms with E-state index >= 15 is 0 Å². The average Bonchev–Trinajstić information content (AvgIpc) is 2.67. The summed E-state index contributed by atoms with van der Waals surface area (Å²) < 4.78 is 40.6. The fourth-order valence-electron chi connectivity index (χ4n) is 2.71. The molecule has 0 unspecified atom stereocenters. The van der Waals surface area contributed by atoms with Crippen LogP contribution in [0.5, 0.6) is 0 Å². The maximum absolute atomic E-state index is 11.4. The Hall–Kier alpha value is 0.00688. The zero-order valence-electron chi connectivity index (χ0n) is 18.3. The lowest BCUT2D eigenvalue weighted by molar-refractivity contribution is -0.0836. The van der Waals surface area contributed by atoms with Crippen LogP contribution in [0.2, 0.25) is 18.1 Å². The highest BCUT2D eigenvalue weighted by atomic mass is 32.2. The zero-order chi connectivity index (χ0) is 20.6. The topological polar surface area (TPSA) is 65.1 Å². The van der Waals surface area contributed by atoms with E-state index in [2.05, 4.69) is 45.7 Å². The monoisotopic (exact) mass is 409 g/mol. The third kappa shape index (κ3) is 7.20. The van der Waals surface area contributed by atoms with Crippen molar-refractivity contribution < 1.29 is 21.8 Å². The molecule has 0 aromatic heterocycles. The van der Waals surface area contributed by atoms with Gasteiger partial charge in [-0.05, 0) is 52.2 Å². The molecule has 1 saturated heterocycles. The van der Waals surface area contributed by atoms with Crippen LogP contribution in [0.15, 0.2) is 0 Å². The minimum absolute atomic E-state index is 0.0446. The van der Waals surface area contributed by atoms with Gasteiger partial charge in [0.2, 0.25) is 0 Å². The second kappa shape index (κ2) is 8.17. The molecule has 0 N–H and O–H groups in total. The Kier molecular flexibility index (Phi) is 7.55. The lowest BCUT2D eigenvalue weighted by Gasteiger charge is -2.40. The van der Waals surface area contributed by atoms with Gasteiger partial charge in [0, 0.05) is 12.1 Å². The number of ether oxygens (including phenoxy) is 1. The van der Waals surface area contributed by atoms with Gasteiger partial charge in [-0.15, -0.1) is 0 Å². The van der Waals surface area contributed by atoms with Crippen molar-refractivity contribution in [2.75, 3.05) is 19.6 Å². The third-order valence-corrected chi connectivity index (χ3v) is 10.5. The summed E-state index contributed by atoms with van der Waals surface area (Å²) in [6.45, 7) is 19.9. The molecule has 3 atom stereocenters. The van der Waals surface area contributed by atoms with Gasteiger partial charge in [0.1, 0.15) is 6.73 Å². The summed E-state index contributed by atoms with van der Waals surface area (Å²) in [5, 5.41) is 0.126. The van der Waals surface area contributed by atoms with Crippen molar-refractivity contribution in [1.29, 1.82) is 0 Å². The van der Waals surface area contributed by atoms with Crippen LogP contribution in [-0.2, 0) is 23.5 Å². The summed E-state index contributed by atoms with van der Waals surface area (Å²) in [5.74, 6) is 0. The van der Waals surface area contributed by atoms with Crippen molar-refractivity contribution in [2.45, 2.75) is 96.8 Å². The molecular formula is C18H39NO5SSi. The highest BCUT2D eigenvalue weighted by molar-refractivity contribution is 7.85. The van der Waals surface area contributed by atoms with E-state index in [1.54, 1.807) is 0 Å². The van der Waals surface area contributed by atoms with Crippen LogP contribution in [-0.4, -0.2) is 65.0 Å². The predicted octanol–water partition coefficient (Wildman–Crippen LogP) is 3.59. The summed E-state index contributed by atoms with van der Waals surface area (Å²) in [7, 11) is -5.39. The Labute approximate surface area is 161 Å². The molecule has 0 aliphatic carbocycles. The molecule has 26 heavy (non-hydrogen) atoms. The number of rotatable bonds is 7. The number of nitrogens with zero attached hydrogens (tertiary/aromatic N) is 1. The van der Waals surface area contributed by atoms with Crippen LogP contribution < -0.4 is 0 Å². The van der Waals surface area contributed by atoms with E-state index in [0.717, 1.165) is 12.7 Å². The van der Waals surface area contributed by atoms with Crippen molar-refractivity contribution in [2.24, 2.45) is 0 Å². The van der Waals surface area contributed by atoms with Gasteiger partial charge in [0.15, 0.2) is 8.32 Å². The summed E-state index contributed by atoms with van der Waals surface area (Å²) in [5.41, 5.74) is -0.264. The fraction of sp³-hybridized carbons (Fsp3) is 1.00. The van der Waals surface area contributed by atoms with Gasteiger partial charge >= 0.3 is 0 Å². The Balaban J connectivity index is 2.92. The normalized spacial score (nSPS) is 26.5. The maximum atomic E-state index is 11.4. The molecule has 0 saturated carbocycles. The molecule has 1 rings (SSSR count). The molecule has 1 heterocycles. The number of hydrogen-bond donors (Lipinski definition) is 0. The van der Waals surface area contributed by atoms with Gasteiger partial charge in [0.25, 0.3) is 10.1 Å². The van der Waals surface area contributed by atoms with Gasteiger partial charge in [-0.25, -0.2) is 0 Å². The summed E-state index contributed by atoms with van der Waals surface area (Å²) in [4.78, 5) is 2.17.